The van der Waals surface area contributed by atoms with Crippen molar-refractivity contribution in [3.05, 3.63) is 41.7 Å². The topological polar surface area (TPSA) is 29.1 Å². The normalized spacial score (nSPS) is 10.5. The van der Waals surface area contributed by atoms with Gasteiger partial charge in [-0.05, 0) is 43.7 Å². The molecule has 0 saturated carbocycles. The molecule has 14 heavy (non-hydrogen) atoms. The van der Waals surface area contributed by atoms with Crippen molar-refractivity contribution < 1.29 is 9.18 Å². The van der Waals surface area contributed by atoms with Crippen LogP contribution in [0.15, 0.2) is 30.4 Å². The molecule has 0 aliphatic carbocycles. The minimum atomic E-state index is -0.269. The van der Waals surface area contributed by atoms with Crippen LogP contribution in [-0.2, 0) is 4.79 Å². The Bertz CT molecular complexity index is 372. The molecule has 2 nitrogen and oxygen atoms in total. The Labute approximate surface area is 82.4 Å². The Kier molecular flexibility index (Phi) is 3.40. The number of carbonyl (C=O) groups excluding carboxylic acids is 1. The van der Waals surface area contributed by atoms with E-state index >= 15 is 0 Å². The second-order valence-corrected chi connectivity index (χ2v) is 2.95. The third-order valence-electron chi connectivity index (χ3n) is 1.74. The zero-order valence-corrected chi connectivity index (χ0v) is 8.17. The van der Waals surface area contributed by atoms with Crippen molar-refractivity contribution in [3.8, 4) is 0 Å². The summed E-state index contributed by atoms with van der Waals surface area (Å²) in [7, 11) is 0. The molecule has 0 unspecified atom stereocenters. The van der Waals surface area contributed by atoms with Crippen LogP contribution >= 0.6 is 0 Å². The Hall–Kier alpha value is -1.64. The summed E-state index contributed by atoms with van der Waals surface area (Å²) in [6, 6.07) is 4.46. The van der Waals surface area contributed by atoms with Crippen molar-refractivity contribution in [1.29, 1.82) is 0 Å². The summed E-state index contributed by atoms with van der Waals surface area (Å²) in [5, 5.41) is 2.62. The van der Waals surface area contributed by atoms with Gasteiger partial charge in [0.15, 0.2) is 0 Å². The number of nitrogens with one attached hydrogen (secondary N) is 1. The molecule has 0 spiro atoms. The zero-order valence-electron chi connectivity index (χ0n) is 8.17. The molecule has 1 N–H and O–H groups in total. The molecule has 0 aliphatic heterocycles. The van der Waals surface area contributed by atoms with Gasteiger partial charge in [-0.2, -0.15) is 0 Å². The summed E-state index contributed by atoms with van der Waals surface area (Å²) in [4.78, 5) is 11.1. The van der Waals surface area contributed by atoms with Gasteiger partial charge in [0, 0.05) is 5.69 Å². The minimum absolute atomic E-state index is 0.210. The number of aryl methyl sites for hydroxylation is 1. The van der Waals surface area contributed by atoms with Gasteiger partial charge in [0.25, 0.3) is 0 Å². The van der Waals surface area contributed by atoms with E-state index in [1.165, 1.54) is 18.2 Å². The summed E-state index contributed by atoms with van der Waals surface area (Å²) in [5.41, 5.74) is 1.12. The maximum absolute atomic E-state index is 12.9. The molecule has 0 heterocycles. The highest BCUT2D eigenvalue weighted by Gasteiger charge is 2.00. The Morgan fingerprint density at radius 1 is 1.50 bits per heavy atom. The third-order valence-corrected chi connectivity index (χ3v) is 1.74. The highest BCUT2D eigenvalue weighted by atomic mass is 19.1. The van der Waals surface area contributed by atoms with Crippen molar-refractivity contribution in [2.24, 2.45) is 0 Å². The van der Waals surface area contributed by atoms with E-state index in [0.29, 0.717) is 11.3 Å². The van der Waals surface area contributed by atoms with Crippen molar-refractivity contribution >= 4 is 11.6 Å². The van der Waals surface area contributed by atoms with Crippen LogP contribution in [0.1, 0.15) is 12.5 Å². The SMILES string of the molecule is CC=CC(=O)Nc1ccc(F)c(C)c1. The van der Waals surface area contributed by atoms with Crippen LogP contribution in [0.2, 0.25) is 0 Å². The monoisotopic (exact) mass is 193 g/mol. The average Bonchev–Trinajstić information content (AvgIpc) is 2.12. The molecule has 0 saturated heterocycles. The van der Waals surface area contributed by atoms with Gasteiger partial charge in [-0.15, -0.1) is 0 Å². The van der Waals surface area contributed by atoms with Crippen LogP contribution in [0.4, 0.5) is 10.1 Å². The largest absolute Gasteiger partial charge is 0.323 e. The lowest BCUT2D eigenvalue weighted by Gasteiger charge is -2.03. The van der Waals surface area contributed by atoms with E-state index in [1.807, 2.05) is 0 Å². The molecule has 0 radical (unpaired) electrons. The van der Waals surface area contributed by atoms with Crippen LogP contribution in [0.3, 0.4) is 0 Å². The summed E-state index contributed by atoms with van der Waals surface area (Å²) >= 11 is 0. The van der Waals surface area contributed by atoms with E-state index in [0.717, 1.165) is 0 Å². The molecule has 3 heteroatoms. The average molecular weight is 193 g/mol. The summed E-state index contributed by atoms with van der Waals surface area (Å²) in [6.07, 6.45) is 3.06. The Balaban J connectivity index is 2.78. The second kappa shape index (κ2) is 4.56. The number of hydrogen-bond acceptors (Lipinski definition) is 1. The first-order valence-corrected chi connectivity index (χ1v) is 4.33. The van der Waals surface area contributed by atoms with Crippen molar-refractivity contribution in [2.45, 2.75) is 13.8 Å². The van der Waals surface area contributed by atoms with Gasteiger partial charge in [0.05, 0.1) is 0 Å². The Morgan fingerprint density at radius 2 is 2.21 bits per heavy atom. The standard InChI is InChI=1S/C11H12FNO/c1-3-4-11(14)13-9-5-6-10(12)8(2)7-9/h3-7H,1-2H3,(H,13,14). The lowest BCUT2D eigenvalue weighted by molar-refractivity contribution is -0.111. The van der Waals surface area contributed by atoms with Crippen LogP contribution in [0.25, 0.3) is 0 Å². The fraction of sp³-hybridized carbons (Fsp3) is 0.182. The third kappa shape index (κ3) is 2.69. The first-order valence-electron chi connectivity index (χ1n) is 4.33. The zero-order chi connectivity index (χ0) is 10.6. The molecular weight excluding hydrogens is 181 g/mol. The molecular formula is C11H12FNO. The summed E-state index contributed by atoms with van der Waals surface area (Å²) < 4.78 is 12.9. The predicted octanol–water partition coefficient (Wildman–Crippen LogP) is 2.65. The maximum atomic E-state index is 12.9. The van der Waals surface area contributed by atoms with Gasteiger partial charge in [-0.25, -0.2) is 4.39 Å². The molecule has 74 valence electrons. The van der Waals surface area contributed by atoms with Crippen LogP contribution in [0, 0.1) is 12.7 Å². The molecule has 1 amide bonds. The van der Waals surface area contributed by atoms with Gasteiger partial charge in [0.1, 0.15) is 5.82 Å². The van der Waals surface area contributed by atoms with Gasteiger partial charge in [0.2, 0.25) is 5.91 Å². The fourth-order valence-electron chi connectivity index (χ4n) is 1.06. The highest BCUT2D eigenvalue weighted by molar-refractivity contribution is 5.99. The van der Waals surface area contributed by atoms with Crippen LogP contribution in [-0.4, -0.2) is 5.91 Å². The quantitative estimate of drug-likeness (QED) is 0.719. The number of anilines is 1. The predicted molar refractivity (Wildman–Crippen MR) is 54.6 cm³/mol. The molecule has 1 rings (SSSR count). The molecule has 0 fully saturated rings. The maximum Gasteiger partial charge on any atom is 0.248 e. The Morgan fingerprint density at radius 3 is 2.79 bits per heavy atom. The molecule has 1 aromatic rings. The van der Waals surface area contributed by atoms with E-state index < -0.39 is 0 Å². The first-order chi connectivity index (χ1) is 6.63. The lowest BCUT2D eigenvalue weighted by atomic mass is 10.2. The summed E-state index contributed by atoms with van der Waals surface area (Å²) in [5.74, 6) is -0.479. The van der Waals surface area contributed by atoms with E-state index in [1.54, 1.807) is 26.0 Å². The molecule has 0 bridgehead atoms. The molecule has 0 atom stereocenters. The van der Waals surface area contributed by atoms with Gasteiger partial charge in [-0.1, -0.05) is 6.08 Å². The molecule has 1 aromatic carbocycles. The summed E-state index contributed by atoms with van der Waals surface area (Å²) in [6.45, 7) is 3.41. The first kappa shape index (κ1) is 10.4. The smallest absolute Gasteiger partial charge is 0.248 e. The fourth-order valence-corrected chi connectivity index (χ4v) is 1.06. The van der Waals surface area contributed by atoms with E-state index in [9.17, 15) is 9.18 Å². The lowest BCUT2D eigenvalue weighted by Crippen LogP contribution is -2.07. The van der Waals surface area contributed by atoms with Gasteiger partial charge >= 0.3 is 0 Å². The van der Waals surface area contributed by atoms with Gasteiger partial charge in [-0.3, -0.25) is 4.79 Å². The second-order valence-electron chi connectivity index (χ2n) is 2.95. The van der Waals surface area contributed by atoms with Crippen molar-refractivity contribution in [3.63, 3.8) is 0 Å². The minimum Gasteiger partial charge on any atom is -0.323 e. The molecule has 0 aliphatic rings. The van der Waals surface area contributed by atoms with E-state index in [4.69, 9.17) is 0 Å². The number of benzene rings is 1. The van der Waals surface area contributed by atoms with Crippen molar-refractivity contribution in [2.75, 3.05) is 5.32 Å². The number of carbonyl (C=O) groups is 1. The molecule has 0 aromatic heterocycles. The van der Waals surface area contributed by atoms with Gasteiger partial charge < -0.3 is 5.32 Å². The number of allylic oxidation sites excluding steroid dienone is 1. The number of rotatable bonds is 2. The number of halogens is 1. The van der Waals surface area contributed by atoms with E-state index in [-0.39, 0.29) is 11.7 Å². The van der Waals surface area contributed by atoms with Crippen LogP contribution in [0.5, 0.6) is 0 Å². The van der Waals surface area contributed by atoms with E-state index in [2.05, 4.69) is 5.32 Å². The number of hydrogen-bond donors (Lipinski definition) is 1. The van der Waals surface area contributed by atoms with Crippen molar-refractivity contribution in [1.82, 2.24) is 0 Å². The number of amides is 1. The highest BCUT2D eigenvalue weighted by Crippen LogP contribution is 2.13. The van der Waals surface area contributed by atoms with Crippen LogP contribution < -0.4 is 5.32 Å².